The molecule has 0 bridgehead atoms. The van der Waals surface area contributed by atoms with E-state index in [9.17, 15) is 0 Å². The summed E-state index contributed by atoms with van der Waals surface area (Å²) in [6, 6.07) is 11.2. The van der Waals surface area contributed by atoms with Gasteiger partial charge in [0.25, 0.3) is 0 Å². The van der Waals surface area contributed by atoms with Gasteiger partial charge in [0.05, 0.1) is 5.52 Å². The van der Waals surface area contributed by atoms with Gasteiger partial charge in [-0.2, -0.15) is 0 Å². The number of pyridine rings is 1. The van der Waals surface area contributed by atoms with Crippen molar-refractivity contribution in [1.82, 2.24) is 10.3 Å². The fourth-order valence-corrected chi connectivity index (χ4v) is 3.51. The van der Waals surface area contributed by atoms with Crippen molar-refractivity contribution in [3.05, 3.63) is 42.1 Å². The fraction of sp³-hybridized carbons (Fsp3) is 0.526. The molecule has 1 aromatic carbocycles. The standard InChI is InChI=1S/C19H26N2/c1-2-11-20-19(12-15-7-3-4-8-15)17-13-16-9-5-6-10-18(16)21-14-17/h5-6,9-10,13-15,19-20H,2-4,7-8,11-12H2,1H3. The first-order valence-electron chi connectivity index (χ1n) is 8.45. The number of hydrogen-bond acceptors (Lipinski definition) is 2. The number of fused-ring (bicyclic) bond motifs is 1. The zero-order valence-corrected chi connectivity index (χ0v) is 13.0. The molecule has 0 radical (unpaired) electrons. The van der Waals surface area contributed by atoms with Crippen LogP contribution in [0.15, 0.2) is 36.5 Å². The van der Waals surface area contributed by atoms with Crippen molar-refractivity contribution >= 4 is 10.9 Å². The number of nitrogens with one attached hydrogen (secondary N) is 1. The third-order valence-electron chi connectivity index (χ3n) is 4.70. The zero-order chi connectivity index (χ0) is 14.5. The molecule has 1 N–H and O–H groups in total. The molecule has 2 nitrogen and oxygen atoms in total. The lowest BCUT2D eigenvalue weighted by Gasteiger charge is -2.22. The molecule has 1 saturated carbocycles. The van der Waals surface area contributed by atoms with E-state index >= 15 is 0 Å². The molecule has 1 heterocycles. The van der Waals surface area contributed by atoms with Crippen LogP contribution >= 0.6 is 0 Å². The Morgan fingerprint density at radius 3 is 2.86 bits per heavy atom. The second kappa shape index (κ2) is 7.04. The molecule has 1 aliphatic carbocycles. The summed E-state index contributed by atoms with van der Waals surface area (Å²) in [4.78, 5) is 4.64. The smallest absolute Gasteiger partial charge is 0.0702 e. The van der Waals surface area contributed by atoms with Crippen LogP contribution in [0, 0.1) is 5.92 Å². The molecule has 2 aromatic rings. The summed E-state index contributed by atoms with van der Waals surface area (Å²) >= 11 is 0. The molecule has 1 aromatic heterocycles. The lowest BCUT2D eigenvalue weighted by atomic mass is 9.93. The highest BCUT2D eigenvalue weighted by atomic mass is 14.9. The number of hydrogen-bond donors (Lipinski definition) is 1. The third-order valence-corrected chi connectivity index (χ3v) is 4.70. The molecule has 0 aliphatic heterocycles. The van der Waals surface area contributed by atoms with Gasteiger partial charge in [0.2, 0.25) is 0 Å². The highest BCUT2D eigenvalue weighted by Gasteiger charge is 2.21. The van der Waals surface area contributed by atoms with Crippen molar-refractivity contribution in [1.29, 1.82) is 0 Å². The van der Waals surface area contributed by atoms with Gasteiger partial charge in [0.15, 0.2) is 0 Å². The van der Waals surface area contributed by atoms with Crippen molar-refractivity contribution in [2.75, 3.05) is 6.54 Å². The normalized spacial score (nSPS) is 17.4. The molecule has 1 fully saturated rings. The predicted octanol–water partition coefficient (Wildman–Crippen LogP) is 4.86. The lowest BCUT2D eigenvalue weighted by molar-refractivity contribution is 0.395. The molecular weight excluding hydrogens is 256 g/mol. The molecular formula is C19H26N2. The molecule has 1 atom stereocenters. The minimum atomic E-state index is 0.463. The maximum absolute atomic E-state index is 4.64. The van der Waals surface area contributed by atoms with Crippen LogP contribution in [0.4, 0.5) is 0 Å². The van der Waals surface area contributed by atoms with Crippen molar-refractivity contribution in [3.63, 3.8) is 0 Å². The first-order valence-corrected chi connectivity index (χ1v) is 8.45. The monoisotopic (exact) mass is 282 g/mol. The van der Waals surface area contributed by atoms with Crippen LogP contribution in [-0.4, -0.2) is 11.5 Å². The third kappa shape index (κ3) is 3.62. The number of para-hydroxylation sites is 1. The van der Waals surface area contributed by atoms with Gasteiger partial charge < -0.3 is 5.32 Å². The number of nitrogens with zero attached hydrogens (tertiary/aromatic N) is 1. The van der Waals surface area contributed by atoms with Gasteiger partial charge in [-0.1, -0.05) is 50.8 Å². The second-order valence-corrected chi connectivity index (χ2v) is 6.35. The molecule has 0 saturated heterocycles. The number of rotatable bonds is 6. The highest BCUT2D eigenvalue weighted by molar-refractivity contribution is 5.78. The summed E-state index contributed by atoms with van der Waals surface area (Å²) in [6.45, 7) is 3.32. The van der Waals surface area contributed by atoms with Gasteiger partial charge in [-0.15, -0.1) is 0 Å². The van der Waals surface area contributed by atoms with Crippen LogP contribution in [0.2, 0.25) is 0 Å². The fourth-order valence-electron chi connectivity index (χ4n) is 3.51. The average molecular weight is 282 g/mol. The lowest BCUT2D eigenvalue weighted by Crippen LogP contribution is -2.24. The number of benzene rings is 1. The maximum Gasteiger partial charge on any atom is 0.0702 e. The van der Waals surface area contributed by atoms with Crippen LogP contribution in [0.3, 0.4) is 0 Å². The predicted molar refractivity (Wildman–Crippen MR) is 89.4 cm³/mol. The van der Waals surface area contributed by atoms with Gasteiger partial charge in [-0.25, -0.2) is 0 Å². The van der Waals surface area contributed by atoms with E-state index in [-0.39, 0.29) is 0 Å². The van der Waals surface area contributed by atoms with Crippen LogP contribution < -0.4 is 5.32 Å². The van der Waals surface area contributed by atoms with Gasteiger partial charge in [0.1, 0.15) is 0 Å². The quantitative estimate of drug-likeness (QED) is 0.818. The topological polar surface area (TPSA) is 24.9 Å². The molecule has 2 heteroatoms. The SMILES string of the molecule is CCCNC(CC1CCCC1)c1cnc2ccccc2c1. The Bertz CT molecular complexity index is 573. The largest absolute Gasteiger partial charge is 0.310 e. The molecule has 0 amide bonds. The molecule has 3 rings (SSSR count). The van der Waals surface area contributed by atoms with Gasteiger partial charge in [-0.3, -0.25) is 4.98 Å². The van der Waals surface area contributed by atoms with Crippen molar-refractivity contribution < 1.29 is 0 Å². The van der Waals surface area contributed by atoms with E-state index in [0.29, 0.717) is 6.04 Å². The van der Waals surface area contributed by atoms with E-state index in [1.165, 1.54) is 49.5 Å². The van der Waals surface area contributed by atoms with Crippen LogP contribution in [0.25, 0.3) is 10.9 Å². The van der Waals surface area contributed by atoms with E-state index in [4.69, 9.17) is 0 Å². The summed E-state index contributed by atoms with van der Waals surface area (Å²) in [7, 11) is 0. The minimum absolute atomic E-state index is 0.463. The van der Waals surface area contributed by atoms with Crippen molar-refractivity contribution in [3.8, 4) is 0 Å². The summed E-state index contributed by atoms with van der Waals surface area (Å²) in [5, 5.41) is 4.99. The number of aromatic nitrogens is 1. The Morgan fingerprint density at radius 1 is 1.24 bits per heavy atom. The van der Waals surface area contributed by atoms with E-state index < -0.39 is 0 Å². The van der Waals surface area contributed by atoms with Gasteiger partial charge >= 0.3 is 0 Å². The van der Waals surface area contributed by atoms with E-state index in [1.54, 1.807) is 0 Å². The Balaban J connectivity index is 1.81. The van der Waals surface area contributed by atoms with Gasteiger partial charge in [0, 0.05) is 17.6 Å². The maximum atomic E-state index is 4.64. The van der Waals surface area contributed by atoms with Crippen LogP contribution in [0.5, 0.6) is 0 Å². The highest BCUT2D eigenvalue weighted by Crippen LogP contribution is 2.33. The summed E-state index contributed by atoms with van der Waals surface area (Å²) in [6.07, 6.45) is 10.2. The first kappa shape index (κ1) is 14.5. The first-order chi connectivity index (χ1) is 10.4. The summed E-state index contributed by atoms with van der Waals surface area (Å²) in [5.74, 6) is 0.894. The minimum Gasteiger partial charge on any atom is -0.310 e. The molecule has 1 unspecified atom stereocenters. The Hall–Kier alpha value is -1.41. The van der Waals surface area contributed by atoms with E-state index in [1.807, 2.05) is 0 Å². The zero-order valence-electron chi connectivity index (χ0n) is 13.0. The van der Waals surface area contributed by atoms with E-state index in [0.717, 1.165) is 18.0 Å². The Kier molecular flexibility index (Phi) is 4.87. The van der Waals surface area contributed by atoms with Crippen molar-refractivity contribution in [2.45, 2.75) is 51.5 Å². The molecule has 0 spiro atoms. The molecule has 112 valence electrons. The summed E-state index contributed by atoms with van der Waals surface area (Å²) in [5.41, 5.74) is 2.45. The van der Waals surface area contributed by atoms with Crippen molar-refractivity contribution in [2.24, 2.45) is 5.92 Å². The Labute approximate surface area is 128 Å². The van der Waals surface area contributed by atoms with Crippen LogP contribution in [0.1, 0.15) is 57.1 Å². The second-order valence-electron chi connectivity index (χ2n) is 6.35. The van der Waals surface area contributed by atoms with E-state index in [2.05, 4.69) is 53.8 Å². The Morgan fingerprint density at radius 2 is 2.05 bits per heavy atom. The molecule has 21 heavy (non-hydrogen) atoms. The summed E-state index contributed by atoms with van der Waals surface area (Å²) < 4.78 is 0. The average Bonchev–Trinajstić information content (AvgIpc) is 3.04. The van der Waals surface area contributed by atoms with Crippen LogP contribution in [-0.2, 0) is 0 Å². The van der Waals surface area contributed by atoms with Gasteiger partial charge in [-0.05, 0) is 43.0 Å². The molecule has 1 aliphatic rings.